The van der Waals surface area contributed by atoms with Gasteiger partial charge in [0.15, 0.2) is 0 Å². The molecular formula is C14H11Br2ClN2O. The number of nitrogens with two attached hydrogens (primary N) is 1. The van der Waals surface area contributed by atoms with Crippen LogP contribution in [0.5, 0.6) is 0 Å². The maximum atomic E-state index is 12.2. The van der Waals surface area contributed by atoms with Crippen molar-refractivity contribution in [2.24, 2.45) is 0 Å². The summed E-state index contributed by atoms with van der Waals surface area (Å²) in [5.74, 6) is -0.246. The van der Waals surface area contributed by atoms with Crippen molar-refractivity contribution < 1.29 is 4.79 Å². The molecule has 0 fully saturated rings. The highest BCUT2D eigenvalue weighted by Crippen LogP contribution is 2.30. The first-order valence-corrected chi connectivity index (χ1v) is 7.67. The van der Waals surface area contributed by atoms with Crippen molar-refractivity contribution in [1.82, 2.24) is 0 Å². The molecule has 0 saturated carbocycles. The van der Waals surface area contributed by atoms with Gasteiger partial charge in [0, 0.05) is 25.2 Å². The highest BCUT2D eigenvalue weighted by molar-refractivity contribution is 9.11. The lowest BCUT2D eigenvalue weighted by molar-refractivity contribution is 0.102. The highest BCUT2D eigenvalue weighted by Gasteiger charge is 2.11. The molecule has 0 aliphatic heterocycles. The van der Waals surface area contributed by atoms with Gasteiger partial charge >= 0.3 is 0 Å². The van der Waals surface area contributed by atoms with E-state index in [-0.39, 0.29) is 5.91 Å². The number of aryl methyl sites for hydroxylation is 1. The van der Waals surface area contributed by atoms with E-state index in [1.54, 1.807) is 24.3 Å². The molecule has 0 aliphatic carbocycles. The van der Waals surface area contributed by atoms with Gasteiger partial charge in [0.2, 0.25) is 0 Å². The van der Waals surface area contributed by atoms with Gasteiger partial charge in [0.25, 0.3) is 5.91 Å². The van der Waals surface area contributed by atoms with Gasteiger partial charge in [-0.2, -0.15) is 0 Å². The van der Waals surface area contributed by atoms with Crippen LogP contribution < -0.4 is 11.1 Å². The molecule has 104 valence electrons. The van der Waals surface area contributed by atoms with Crippen molar-refractivity contribution in [1.29, 1.82) is 0 Å². The largest absolute Gasteiger partial charge is 0.398 e. The molecule has 0 aromatic heterocycles. The van der Waals surface area contributed by atoms with Crippen molar-refractivity contribution >= 4 is 60.7 Å². The molecule has 2 aromatic rings. The Morgan fingerprint density at radius 1 is 1.20 bits per heavy atom. The van der Waals surface area contributed by atoms with E-state index in [0.717, 1.165) is 14.5 Å². The number of amides is 1. The van der Waals surface area contributed by atoms with Gasteiger partial charge in [-0.3, -0.25) is 4.79 Å². The number of nitrogens with one attached hydrogen (secondary N) is 1. The zero-order valence-corrected chi connectivity index (χ0v) is 14.4. The summed E-state index contributed by atoms with van der Waals surface area (Å²) in [6, 6.07) is 8.61. The molecule has 0 radical (unpaired) electrons. The molecule has 0 saturated heterocycles. The molecule has 0 spiro atoms. The summed E-state index contributed by atoms with van der Waals surface area (Å²) in [6.07, 6.45) is 0. The van der Waals surface area contributed by atoms with Crippen molar-refractivity contribution in [3.05, 3.63) is 55.4 Å². The molecule has 2 aromatic carbocycles. The van der Waals surface area contributed by atoms with Crippen molar-refractivity contribution in [3.63, 3.8) is 0 Å². The second-order valence-corrected chi connectivity index (χ2v) is 6.39. The van der Waals surface area contributed by atoms with E-state index in [0.29, 0.717) is 22.0 Å². The quantitative estimate of drug-likeness (QED) is 0.674. The minimum Gasteiger partial charge on any atom is -0.398 e. The fourth-order valence-corrected chi connectivity index (χ4v) is 2.59. The lowest BCUT2D eigenvalue weighted by Gasteiger charge is -2.10. The first kappa shape index (κ1) is 15.4. The smallest absolute Gasteiger partial charge is 0.255 e. The van der Waals surface area contributed by atoms with Crippen LogP contribution in [0.15, 0.2) is 39.3 Å². The Morgan fingerprint density at radius 2 is 1.90 bits per heavy atom. The second-order valence-electron chi connectivity index (χ2n) is 4.27. The molecule has 2 rings (SSSR count). The number of carbonyl (C=O) groups excluding carboxylic acids is 1. The lowest BCUT2D eigenvalue weighted by Crippen LogP contribution is -2.12. The number of hydrogen-bond donors (Lipinski definition) is 2. The van der Waals surface area contributed by atoms with E-state index in [9.17, 15) is 4.79 Å². The van der Waals surface area contributed by atoms with E-state index in [2.05, 4.69) is 37.2 Å². The Labute approximate surface area is 138 Å². The van der Waals surface area contributed by atoms with Gasteiger partial charge < -0.3 is 11.1 Å². The standard InChI is InChI=1S/C14H11Br2ClN2O/c1-7-4-10(16)13(6-11(7)17)19-14(20)8-2-3-9(15)12(18)5-8/h2-6H,18H2,1H3,(H,19,20). The molecule has 0 atom stereocenters. The summed E-state index contributed by atoms with van der Waals surface area (Å²) < 4.78 is 1.53. The molecule has 1 amide bonds. The predicted molar refractivity (Wildman–Crippen MR) is 90.4 cm³/mol. The first-order chi connectivity index (χ1) is 9.38. The Balaban J connectivity index is 2.27. The molecule has 6 heteroatoms. The minimum absolute atomic E-state index is 0.246. The fourth-order valence-electron chi connectivity index (χ4n) is 1.62. The lowest BCUT2D eigenvalue weighted by atomic mass is 10.1. The van der Waals surface area contributed by atoms with E-state index in [1.165, 1.54) is 0 Å². The SMILES string of the molecule is Cc1cc(Br)c(NC(=O)c2ccc(Br)c(N)c2)cc1Cl. The molecule has 0 heterocycles. The number of anilines is 2. The molecule has 3 N–H and O–H groups in total. The fraction of sp³-hybridized carbons (Fsp3) is 0.0714. The second kappa shape index (κ2) is 6.16. The number of halogens is 3. The highest BCUT2D eigenvalue weighted by atomic mass is 79.9. The minimum atomic E-state index is -0.246. The van der Waals surface area contributed by atoms with Gasteiger partial charge in [-0.05, 0) is 74.7 Å². The molecule has 3 nitrogen and oxygen atoms in total. The molecule has 20 heavy (non-hydrogen) atoms. The van der Waals surface area contributed by atoms with E-state index in [1.807, 2.05) is 13.0 Å². The van der Waals surface area contributed by atoms with Crippen LogP contribution in [-0.4, -0.2) is 5.91 Å². The predicted octanol–water partition coefficient (Wildman–Crippen LogP) is 5.01. The van der Waals surface area contributed by atoms with Crippen LogP contribution >= 0.6 is 43.5 Å². The van der Waals surface area contributed by atoms with Crippen molar-refractivity contribution in [3.8, 4) is 0 Å². The molecule has 0 unspecified atom stereocenters. The summed E-state index contributed by atoms with van der Waals surface area (Å²) in [6.45, 7) is 1.90. The van der Waals surface area contributed by atoms with E-state index in [4.69, 9.17) is 17.3 Å². The van der Waals surface area contributed by atoms with Crippen LogP contribution in [0.4, 0.5) is 11.4 Å². The topological polar surface area (TPSA) is 55.1 Å². The van der Waals surface area contributed by atoms with Crippen LogP contribution in [0.25, 0.3) is 0 Å². The summed E-state index contributed by atoms with van der Waals surface area (Å²) in [4.78, 5) is 12.2. The number of nitrogen functional groups attached to an aromatic ring is 1. The normalized spacial score (nSPS) is 10.4. The summed E-state index contributed by atoms with van der Waals surface area (Å²) in [5.41, 5.74) is 8.31. The number of benzene rings is 2. The number of hydrogen-bond acceptors (Lipinski definition) is 2. The monoisotopic (exact) mass is 416 g/mol. The van der Waals surface area contributed by atoms with Crippen LogP contribution in [-0.2, 0) is 0 Å². The Morgan fingerprint density at radius 3 is 2.55 bits per heavy atom. The van der Waals surface area contributed by atoms with Gasteiger partial charge in [-0.1, -0.05) is 11.6 Å². The zero-order valence-electron chi connectivity index (χ0n) is 10.5. The van der Waals surface area contributed by atoms with Crippen LogP contribution in [0.2, 0.25) is 5.02 Å². The first-order valence-electron chi connectivity index (χ1n) is 5.70. The van der Waals surface area contributed by atoms with Crippen LogP contribution in [0.3, 0.4) is 0 Å². The number of carbonyl (C=O) groups is 1. The van der Waals surface area contributed by atoms with Gasteiger partial charge in [-0.25, -0.2) is 0 Å². The summed E-state index contributed by atoms with van der Waals surface area (Å²) in [7, 11) is 0. The molecule has 0 aliphatic rings. The third-order valence-electron chi connectivity index (χ3n) is 2.75. The van der Waals surface area contributed by atoms with Gasteiger partial charge in [-0.15, -0.1) is 0 Å². The Hall–Kier alpha value is -1.04. The third-order valence-corrected chi connectivity index (χ3v) is 4.54. The van der Waals surface area contributed by atoms with Crippen LogP contribution in [0, 0.1) is 6.92 Å². The molecule has 0 bridgehead atoms. The maximum Gasteiger partial charge on any atom is 0.255 e. The Bertz CT molecular complexity index is 689. The van der Waals surface area contributed by atoms with Crippen molar-refractivity contribution in [2.75, 3.05) is 11.1 Å². The van der Waals surface area contributed by atoms with Gasteiger partial charge in [0.1, 0.15) is 0 Å². The molecular weight excluding hydrogens is 407 g/mol. The average molecular weight is 419 g/mol. The summed E-state index contributed by atoms with van der Waals surface area (Å²) >= 11 is 12.8. The van der Waals surface area contributed by atoms with Crippen LogP contribution in [0.1, 0.15) is 15.9 Å². The van der Waals surface area contributed by atoms with E-state index >= 15 is 0 Å². The zero-order chi connectivity index (χ0) is 14.9. The van der Waals surface area contributed by atoms with Crippen molar-refractivity contribution in [2.45, 2.75) is 6.92 Å². The van der Waals surface area contributed by atoms with Gasteiger partial charge in [0.05, 0.1) is 5.69 Å². The third kappa shape index (κ3) is 3.34. The Kier molecular flexibility index (Phi) is 4.73. The van der Waals surface area contributed by atoms with E-state index < -0.39 is 0 Å². The average Bonchev–Trinajstić information content (AvgIpc) is 2.39. The number of rotatable bonds is 2. The summed E-state index contributed by atoms with van der Waals surface area (Å²) in [5, 5.41) is 3.40. The maximum absolute atomic E-state index is 12.2.